The van der Waals surface area contributed by atoms with Gasteiger partial charge in [-0.25, -0.2) is 0 Å². The van der Waals surface area contributed by atoms with Crippen LogP contribution in [0.15, 0.2) is 24.3 Å². The standard InChI is InChI=1S/C15H21NO3/c1-3-12-6-4-5-7-13(12)10-14(17)16-11(2)8-9-15(18)19/h4-7,11H,3,8-10H2,1-2H3,(H,16,17)(H,18,19). The van der Waals surface area contributed by atoms with Crippen LogP contribution in [0.4, 0.5) is 0 Å². The molecule has 2 N–H and O–H groups in total. The lowest BCUT2D eigenvalue weighted by Gasteiger charge is -2.13. The zero-order chi connectivity index (χ0) is 14.3. The van der Waals surface area contributed by atoms with Crippen LogP contribution in [-0.2, 0) is 22.4 Å². The van der Waals surface area contributed by atoms with Crippen LogP contribution in [-0.4, -0.2) is 23.0 Å². The first-order valence-electron chi connectivity index (χ1n) is 6.60. The highest BCUT2D eigenvalue weighted by Crippen LogP contribution is 2.10. The minimum atomic E-state index is -0.836. The Hall–Kier alpha value is -1.84. The summed E-state index contributed by atoms with van der Waals surface area (Å²) in [6.07, 6.45) is 1.78. The van der Waals surface area contributed by atoms with Gasteiger partial charge in [-0.2, -0.15) is 0 Å². The van der Waals surface area contributed by atoms with Crippen LogP contribution in [0, 0.1) is 0 Å². The van der Waals surface area contributed by atoms with Gasteiger partial charge in [0.15, 0.2) is 0 Å². The van der Waals surface area contributed by atoms with E-state index >= 15 is 0 Å². The summed E-state index contributed by atoms with van der Waals surface area (Å²) in [6, 6.07) is 7.76. The Kier molecular flexibility index (Phi) is 6.06. The van der Waals surface area contributed by atoms with E-state index in [0.29, 0.717) is 12.8 Å². The van der Waals surface area contributed by atoms with Crippen LogP contribution in [0.25, 0.3) is 0 Å². The Morgan fingerprint density at radius 1 is 1.26 bits per heavy atom. The normalized spacial score (nSPS) is 11.9. The van der Waals surface area contributed by atoms with E-state index in [-0.39, 0.29) is 18.4 Å². The van der Waals surface area contributed by atoms with E-state index in [1.54, 1.807) is 0 Å². The number of hydrogen-bond donors (Lipinski definition) is 2. The summed E-state index contributed by atoms with van der Waals surface area (Å²) < 4.78 is 0. The number of benzene rings is 1. The molecule has 19 heavy (non-hydrogen) atoms. The quantitative estimate of drug-likeness (QED) is 0.792. The average Bonchev–Trinajstić information content (AvgIpc) is 2.37. The van der Waals surface area contributed by atoms with Crippen molar-refractivity contribution in [3.63, 3.8) is 0 Å². The Morgan fingerprint density at radius 3 is 2.47 bits per heavy atom. The zero-order valence-electron chi connectivity index (χ0n) is 11.5. The fourth-order valence-electron chi connectivity index (χ4n) is 1.99. The Morgan fingerprint density at radius 2 is 1.89 bits per heavy atom. The van der Waals surface area contributed by atoms with Gasteiger partial charge in [0.1, 0.15) is 0 Å². The molecule has 0 aliphatic rings. The van der Waals surface area contributed by atoms with Crippen molar-refractivity contribution in [2.24, 2.45) is 0 Å². The van der Waals surface area contributed by atoms with E-state index in [1.807, 2.05) is 31.2 Å². The largest absolute Gasteiger partial charge is 0.481 e. The van der Waals surface area contributed by atoms with Gasteiger partial charge in [0.25, 0.3) is 0 Å². The molecule has 4 heteroatoms. The van der Waals surface area contributed by atoms with Gasteiger partial charge >= 0.3 is 5.97 Å². The number of nitrogens with one attached hydrogen (secondary N) is 1. The monoisotopic (exact) mass is 263 g/mol. The van der Waals surface area contributed by atoms with Crippen molar-refractivity contribution in [1.82, 2.24) is 5.32 Å². The van der Waals surface area contributed by atoms with Gasteiger partial charge in [0, 0.05) is 12.5 Å². The number of rotatable bonds is 7. The SMILES string of the molecule is CCc1ccccc1CC(=O)NC(C)CCC(=O)O. The second kappa shape index (κ2) is 7.56. The lowest BCUT2D eigenvalue weighted by Crippen LogP contribution is -2.34. The molecule has 0 saturated carbocycles. The molecule has 104 valence electrons. The molecule has 0 saturated heterocycles. The molecule has 0 fully saturated rings. The number of carboxylic acid groups (broad SMARTS) is 1. The molecule has 0 aliphatic carbocycles. The molecule has 0 aromatic heterocycles. The van der Waals surface area contributed by atoms with Crippen LogP contribution in [0.2, 0.25) is 0 Å². The molecule has 1 unspecified atom stereocenters. The van der Waals surface area contributed by atoms with Gasteiger partial charge in [-0.1, -0.05) is 31.2 Å². The molecule has 0 aliphatic heterocycles. The third-order valence-electron chi connectivity index (χ3n) is 3.05. The van der Waals surface area contributed by atoms with Crippen molar-refractivity contribution < 1.29 is 14.7 Å². The van der Waals surface area contributed by atoms with Gasteiger partial charge in [0.05, 0.1) is 6.42 Å². The van der Waals surface area contributed by atoms with Crippen LogP contribution < -0.4 is 5.32 Å². The number of hydrogen-bond acceptors (Lipinski definition) is 2. The van der Waals surface area contributed by atoms with E-state index < -0.39 is 5.97 Å². The minimum Gasteiger partial charge on any atom is -0.481 e. The number of carbonyl (C=O) groups excluding carboxylic acids is 1. The summed E-state index contributed by atoms with van der Waals surface area (Å²) in [5.41, 5.74) is 2.21. The molecule has 0 bridgehead atoms. The number of carbonyl (C=O) groups is 2. The van der Waals surface area contributed by atoms with Gasteiger partial charge in [-0.05, 0) is 30.9 Å². The maximum absolute atomic E-state index is 11.9. The van der Waals surface area contributed by atoms with Crippen molar-refractivity contribution in [2.45, 2.75) is 45.6 Å². The molecule has 1 amide bonds. The van der Waals surface area contributed by atoms with Gasteiger partial charge in [-0.15, -0.1) is 0 Å². The minimum absolute atomic E-state index is 0.0567. The zero-order valence-corrected chi connectivity index (χ0v) is 11.5. The maximum atomic E-state index is 11.9. The summed E-state index contributed by atoms with van der Waals surface area (Å²) in [5, 5.41) is 11.4. The summed E-state index contributed by atoms with van der Waals surface area (Å²) in [5.74, 6) is -0.892. The first-order chi connectivity index (χ1) is 9.02. The molecule has 1 aromatic rings. The molecule has 0 spiro atoms. The van der Waals surface area contributed by atoms with E-state index in [9.17, 15) is 9.59 Å². The molecule has 4 nitrogen and oxygen atoms in total. The molecule has 0 radical (unpaired) electrons. The summed E-state index contributed by atoms with van der Waals surface area (Å²) >= 11 is 0. The van der Waals surface area contributed by atoms with E-state index in [1.165, 1.54) is 5.56 Å². The predicted molar refractivity (Wildman–Crippen MR) is 74.0 cm³/mol. The molecule has 0 heterocycles. The second-order valence-electron chi connectivity index (χ2n) is 4.70. The topological polar surface area (TPSA) is 66.4 Å². The van der Waals surface area contributed by atoms with Gasteiger partial charge in [-0.3, -0.25) is 9.59 Å². The van der Waals surface area contributed by atoms with Gasteiger partial charge in [0.2, 0.25) is 5.91 Å². The first-order valence-corrected chi connectivity index (χ1v) is 6.60. The lowest BCUT2D eigenvalue weighted by atomic mass is 10.0. The summed E-state index contributed by atoms with van der Waals surface area (Å²) in [7, 11) is 0. The predicted octanol–water partition coefficient (Wildman–Crippen LogP) is 2.16. The van der Waals surface area contributed by atoms with E-state index in [4.69, 9.17) is 5.11 Å². The smallest absolute Gasteiger partial charge is 0.303 e. The molecular weight excluding hydrogens is 242 g/mol. The molecule has 1 rings (SSSR count). The van der Waals surface area contributed by atoms with Crippen LogP contribution in [0.3, 0.4) is 0 Å². The van der Waals surface area contributed by atoms with Crippen LogP contribution >= 0.6 is 0 Å². The average molecular weight is 263 g/mol. The molecular formula is C15H21NO3. The summed E-state index contributed by atoms with van der Waals surface area (Å²) in [4.78, 5) is 22.3. The van der Waals surface area contributed by atoms with Crippen LogP contribution in [0.1, 0.15) is 37.8 Å². The number of aryl methyl sites for hydroxylation is 1. The molecule has 1 atom stereocenters. The lowest BCUT2D eigenvalue weighted by molar-refractivity contribution is -0.137. The number of aliphatic carboxylic acids is 1. The fourth-order valence-corrected chi connectivity index (χ4v) is 1.99. The third kappa shape index (κ3) is 5.55. The molecule has 1 aromatic carbocycles. The highest BCUT2D eigenvalue weighted by molar-refractivity contribution is 5.79. The number of carboxylic acids is 1. The van der Waals surface area contributed by atoms with Crippen molar-refractivity contribution >= 4 is 11.9 Å². The highest BCUT2D eigenvalue weighted by atomic mass is 16.4. The second-order valence-corrected chi connectivity index (χ2v) is 4.70. The van der Waals surface area contributed by atoms with Gasteiger partial charge < -0.3 is 10.4 Å². The Bertz CT molecular complexity index is 443. The Balaban J connectivity index is 2.48. The third-order valence-corrected chi connectivity index (χ3v) is 3.05. The Labute approximate surface area is 113 Å². The van der Waals surface area contributed by atoms with Crippen molar-refractivity contribution in [1.29, 1.82) is 0 Å². The van der Waals surface area contributed by atoms with Crippen LogP contribution in [0.5, 0.6) is 0 Å². The highest BCUT2D eigenvalue weighted by Gasteiger charge is 2.11. The van der Waals surface area contributed by atoms with Crippen molar-refractivity contribution in [3.8, 4) is 0 Å². The maximum Gasteiger partial charge on any atom is 0.303 e. The van der Waals surface area contributed by atoms with E-state index in [2.05, 4.69) is 12.2 Å². The number of amides is 1. The van der Waals surface area contributed by atoms with Crippen molar-refractivity contribution in [3.05, 3.63) is 35.4 Å². The first kappa shape index (κ1) is 15.2. The summed E-state index contributed by atoms with van der Waals surface area (Å²) in [6.45, 7) is 3.89. The fraction of sp³-hybridized carbons (Fsp3) is 0.467. The van der Waals surface area contributed by atoms with E-state index in [0.717, 1.165) is 12.0 Å². The van der Waals surface area contributed by atoms with Crippen molar-refractivity contribution in [2.75, 3.05) is 0 Å².